The fourth-order valence-corrected chi connectivity index (χ4v) is 1.27. The lowest BCUT2D eigenvalue weighted by Crippen LogP contribution is -2.42. The summed E-state index contributed by atoms with van der Waals surface area (Å²) in [5.74, 6) is -1.23. The molecule has 100 valence electrons. The Morgan fingerprint density at radius 2 is 1.76 bits per heavy atom. The van der Waals surface area contributed by atoms with Crippen LogP contribution >= 0.6 is 0 Å². The summed E-state index contributed by atoms with van der Waals surface area (Å²) in [5.41, 5.74) is 16.1. The Bertz CT molecular complexity index is 248. The number of carbonyl (C=O) groups is 2. The van der Waals surface area contributed by atoms with Crippen LogP contribution in [0.1, 0.15) is 25.7 Å². The molecule has 0 unspecified atom stereocenters. The summed E-state index contributed by atoms with van der Waals surface area (Å²) in [6, 6.07) is -1.40. The molecule has 0 aliphatic heterocycles. The van der Waals surface area contributed by atoms with Crippen LogP contribution < -0.4 is 22.5 Å². The van der Waals surface area contributed by atoms with Crippen LogP contribution in [0.5, 0.6) is 0 Å². The van der Waals surface area contributed by atoms with E-state index in [0.717, 1.165) is 0 Å². The molecule has 0 bridgehead atoms. The van der Waals surface area contributed by atoms with Crippen LogP contribution in [-0.4, -0.2) is 42.2 Å². The van der Waals surface area contributed by atoms with Gasteiger partial charge in [-0.25, -0.2) is 0 Å². The normalized spacial score (nSPS) is 14.1. The van der Waals surface area contributed by atoms with Crippen molar-refractivity contribution in [2.75, 3.05) is 13.1 Å². The van der Waals surface area contributed by atoms with Crippen molar-refractivity contribution in [2.45, 2.75) is 37.8 Å². The number of carboxylic acids is 1. The van der Waals surface area contributed by atoms with Gasteiger partial charge in [0.05, 0.1) is 6.04 Å². The Kier molecular flexibility index (Phi) is 8.29. The van der Waals surface area contributed by atoms with E-state index in [0.29, 0.717) is 38.8 Å². The van der Waals surface area contributed by atoms with Crippen LogP contribution in [0.25, 0.3) is 0 Å². The number of rotatable bonds is 9. The van der Waals surface area contributed by atoms with Crippen LogP contribution in [0.15, 0.2) is 0 Å². The third-order valence-electron chi connectivity index (χ3n) is 2.37. The second-order valence-electron chi connectivity index (χ2n) is 3.92. The van der Waals surface area contributed by atoms with Gasteiger partial charge in [-0.05, 0) is 32.2 Å². The SMILES string of the molecule is NCC[C@H](N)C(=O)NCCCC[C@H](N)C(=O)O. The molecule has 0 saturated carbocycles. The first-order valence-electron chi connectivity index (χ1n) is 5.70. The van der Waals surface area contributed by atoms with E-state index in [9.17, 15) is 9.59 Å². The van der Waals surface area contributed by atoms with E-state index < -0.39 is 18.1 Å². The molecule has 8 N–H and O–H groups in total. The molecule has 0 saturated heterocycles. The Balaban J connectivity index is 3.51. The number of unbranched alkanes of at least 4 members (excludes halogenated alkanes) is 1. The monoisotopic (exact) mass is 246 g/mol. The van der Waals surface area contributed by atoms with Gasteiger partial charge in [-0.1, -0.05) is 0 Å². The zero-order chi connectivity index (χ0) is 13.3. The van der Waals surface area contributed by atoms with Crippen LogP contribution in [0.4, 0.5) is 0 Å². The van der Waals surface area contributed by atoms with E-state index in [2.05, 4.69) is 5.32 Å². The number of hydrogen-bond acceptors (Lipinski definition) is 5. The summed E-state index contributed by atoms with van der Waals surface area (Å²) in [5, 5.41) is 11.2. The molecule has 0 rings (SSSR count). The van der Waals surface area contributed by atoms with Gasteiger partial charge in [0.2, 0.25) is 5.91 Å². The van der Waals surface area contributed by atoms with E-state index >= 15 is 0 Å². The van der Waals surface area contributed by atoms with Crippen molar-refractivity contribution in [3.8, 4) is 0 Å². The summed E-state index contributed by atoms with van der Waals surface area (Å²) in [7, 11) is 0. The molecule has 7 heteroatoms. The van der Waals surface area contributed by atoms with Gasteiger partial charge < -0.3 is 27.6 Å². The zero-order valence-corrected chi connectivity index (χ0v) is 9.89. The lowest BCUT2D eigenvalue weighted by Gasteiger charge is -2.11. The fraction of sp³-hybridized carbons (Fsp3) is 0.800. The first kappa shape index (κ1) is 15.8. The minimum absolute atomic E-state index is 0.224. The minimum atomic E-state index is -1.00. The molecule has 0 fully saturated rings. The predicted molar refractivity (Wildman–Crippen MR) is 64.1 cm³/mol. The number of nitrogens with two attached hydrogens (primary N) is 3. The highest BCUT2D eigenvalue weighted by Gasteiger charge is 2.12. The van der Waals surface area contributed by atoms with Gasteiger partial charge in [0.1, 0.15) is 6.04 Å². The van der Waals surface area contributed by atoms with Crippen molar-refractivity contribution in [2.24, 2.45) is 17.2 Å². The fourth-order valence-electron chi connectivity index (χ4n) is 1.27. The summed E-state index contributed by atoms with van der Waals surface area (Å²) < 4.78 is 0. The highest BCUT2D eigenvalue weighted by molar-refractivity contribution is 5.81. The summed E-state index contributed by atoms with van der Waals surface area (Å²) in [6.45, 7) is 0.853. The van der Waals surface area contributed by atoms with Gasteiger partial charge in [-0.15, -0.1) is 0 Å². The molecule has 0 heterocycles. The van der Waals surface area contributed by atoms with E-state index in [1.165, 1.54) is 0 Å². The van der Waals surface area contributed by atoms with Crippen LogP contribution in [0, 0.1) is 0 Å². The lowest BCUT2D eigenvalue weighted by atomic mass is 10.1. The van der Waals surface area contributed by atoms with Crippen LogP contribution in [0.3, 0.4) is 0 Å². The van der Waals surface area contributed by atoms with Gasteiger partial charge >= 0.3 is 5.97 Å². The molecule has 17 heavy (non-hydrogen) atoms. The molecular formula is C10H22N4O3. The predicted octanol–water partition coefficient (Wildman–Crippen LogP) is -1.64. The van der Waals surface area contributed by atoms with Crippen molar-refractivity contribution in [3.05, 3.63) is 0 Å². The molecule has 0 aromatic carbocycles. The third-order valence-corrected chi connectivity index (χ3v) is 2.37. The first-order chi connectivity index (χ1) is 7.99. The minimum Gasteiger partial charge on any atom is -0.480 e. The molecule has 0 aromatic rings. The quantitative estimate of drug-likeness (QED) is 0.309. The van der Waals surface area contributed by atoms with Gasteiger partial charge in [-0.3, -0.25) is 9.59 Å². The molecule has 0 aliphatic carbocycles. The van der Waals surface area contributed by atoms with E-state index in [-0.39, 0.29) is 5.91 Å². The standard InChI is InChI=1S/C10H22N4O3/c11-5-4-7(12)9(15)14-6-2-1-3-8(13)10(16)17/h7-8H,1-6,11-13H2,(H,14,15)(H,16,17)/t7-,8-/m0/s1. The van der Waals surface area contributed by atoms with Crippen LogP contribution in [0.2, 0.25) is 0 Å². The molecule has 0 spiro atoms. The number of amides is 1. The summed E-state index contributed by atoms with van der Waals surface area (Å²) in [6.07, 6.45) is 2.19. The molecular weight excluding hydrogens is 224 g/mol. The maximum atomic E-state index is 11.3. The van der Waals surface area contributed by atoms with E-state index in [1.54, 1.807) is 0 Å². The number of nitrogens with one attached hydrogen (secondary N) is 1. The molecule has 0 aliphatic rings. The molecule has 1 amide bonds. The van der Waals surface area contributed by atoms with E-state index in [1.807, 2.05) is 0 Å². The second-order valence-corrected chi connectivity index (χ2v) is 3.92. The maximum absolute atomic E-state index is 11.3. The molecule has 2 atom stereocenters. The molecule has 0 radical (unpaired) electrons. The largest absolute Gasteiger partial charge is 0.480 e. The molecule has 0 aromatic heterocycles. The van der Waals surface area contributed by atoms with Crippen molar-refractivity contribution in [1.29, 1.82) is 0 Å². The smallest absolute Gasteiger partial charge is 0.320 e. The van der Waals surface area contributed by atoms with Gasteiger partial charge in [0.25, 0.3) is 0 Å². The number of aliphatic carboxylic acids is 1. The number of carboxylic acid groups (broad SMARTS) is 1. The average molecular weight is 246 g/mol. The Morgan fingerprint density at radius 1 is 1.12 bits per heavy atom. The van der Waals surface area contributed by atoms with Gasteiger partial charge in [0, 0.05) is 6.54 Å². The summed E-state index contributed by atoms with van der Waals surface area (Å²) in [4.78, 5) is 21.7. The third kappa shape index (κ3) is 7.67. The van der Waals surface area contributed by atoms with E-state index in [4.69, 9.17) is 22.3 Å². The van der Waals surface area contributed by atoms with Crippen molar-refractivity contribution in [1.82, 2.24) is 5.32 Å². The topological polar surface area (TPSA) is 144 Å². The van der Waals surface area contributed by atoms with Crippen molar-refractivity contribution in [3.63, 3.8) is 0 Å². The van der Waals surface area contributed by atoms with Crippen molar-refractivity contribution < 1.29 is 14.7 Å². The molecule has 7 nitrogen and oxygen atoms in total. The highest BCUT2D eigenvalue weighted by Crippen LogP contribution is 1.98. The summed E-state index contributed by atoms with van der Waals surface area (Å²) >= 11 is 0. The van der Waals surface area contributed by atoms with Crippen LogP contribution in [-0.2, 0) is 9.59 Å². The van der Waals surface area contributed by atoms with Gasteiger partial charge in [0.15, 0.2) is 0 Å². The number of carbonyl (C=O) groups excluding carboxylic acids is 1. The zero-order valence-electron chi connectivity index (χ0n) is 9.89. The number of hydrogen-bond donors (Lipinski definition) is 5. The highest BCUT2D eigenvalue weighted by atomic mass is 16.4. The first-order valence-corrected chi connectivity index (χ1v) is 5.70. The Hall–Kier alpha value is -1.18. The second kappa shape index (κ2) is 8.91. The average Bonchev–Trinajstić information content (AvgIpc) is 2.28. The van der Waals surface area contributed by atoms with Gasteiger partial charge in [-0.2, -0.15) is 0 Å². The van der Waals surface area contributed by atoms with Crippen molar-refractivity contribution >= 4 is 11.9 Å². The lowest BCUT2D eigenvalue weighted by molar-refractivity contribution is -0.138. The Morgan fingerprint density at radius 3 is 2.29 bits per heavy atom. The Labute approximate surface area is 101 Å². The maximum Gasteiger partial charge on any atom is 0.320 e.